The van der Waals surface area contributed by atoms with Crippen LogP contribution in [-0.2, 0) is 13.6 Å². The highest BCUT2D eigenvalue weighted by Gasteiger charge is 2.31. The number of aryl methyl sites for hydroxylation is 1. The summed E-state index contributed by atoms with van der Waals surface area (Å²) in [6, 6.07) is 7.73. The van der Waals surface area contributed by atoms with Gasteiger partial charge in [-0.15, -0.1) is 0 Å². The van der Waals surface area contributed by atoms with Gasteiger partial charge in [0.2, 0.25) is 0 Å². The first-order chi connectivity index (χ1) is 12.2. The minimum Gasteiger partial charge on any atom is -0.305 e. The Morgan fingerprint density at radius 3 is 1.96 bits per heavy atom. The summed E-state index contributed by atoms with van der Waals surface area (Å²) in [6.07, 6.45) is 15.2. The molecule has 0 radical (unpaired) electrons. The molecule has 25 heavy (non-hydrogen) atoms. The zero-order valence-electron chi connectivity index (χ0n) is 15.1. The van der Waals surface area contributed by atoms with Crippen molar-refractivity contribution in [3.8, 4) is 0 Å². The van der Waals surface area contributed by atoms with Crippen LogP contribution in [0, 0.1) is 18.8 Å². The van der Waals surface area contributed by atoms with Crippen LogP contribution < -0.4 is 5.30 Å². The third-order valence-electron chi connectivity index (χ3n) is 5.13. The summed E-state index contributed by atoms with van der Waals surface area (Å²) >= 11 is 0. The second-order valence-electron chi connectivity index (χ2n) is 7.18. The van der Waals surface area contributed by atoms with Crippen LogP contribution in [-0.4, -0.2) is 13.2 Å². The first-order valence-electron chi connectivity index (χ1n) is 9.43. The van der Waals surface area contributed by atoms with Crippen LogP contribution in [0.15, 0.2) is 48.6 Å². The fourth-order valence-corrected chi connectivity index (χ4v) is 5.41. The van der Waals surface area contributed by atoms with Gasteiger partial charge in [0.1, 0.15) is 0 Å². The van der Waals surface area contributed by atoms with Crippen molar-refractivity contribution >= 4 is 12.9 Å². The molecule has 0 saturated heterocycles. The van der Waals surface area contributed by atoms with E-state index >= 15 is 0 Å². The van der Waals surface area contributed by atoms with Crippen LogP contribution in [0.2, 0.25) is 0 Å². The summed E-state index contributed by atoms with van der Waals surface area (Å²) in [5.41, 5.74) is 0.970. The molecule has 2 unspecified atom stereocenters. The van der Waals surface area contributed by atoms with Gasteiger partial charge in [-0.2, -0.15) is 0 Å². The van der Waals surface area contributed by atoms with Crippen LogP contribution in [0.3, 0.4) is 0 Å². The highest BCUT2D eigenvalue weighted by atomic mass is 31.2. The molecule has 0 amide bonds. The van der Waals surface area contributed by atoms with Gasteiger partial charge in [-0.05, 0) is 68.9 Å². The van der Waals surface area contributed by atoms with Crippen molar-refractivity contribution in [2.75, 3.05) is 13.2 Å². The molecular formula is C21H29O3P. The predicted octanol–water partition coefficient (Wildman–Crippen LogP) is 5.56. The van der Waals surface area contributed by atoms with Gasteiger partial charge in [0, 0.05) is 0 Å². The normalized spacial score (nSPS) is 25.6. The molecule has 0 bridgehead atoms. The van der Waals surface area contributed by atoms with E-state index < -0.39 is 7.60 Å². The van der Waals surface area contributed by atoms with Gasteiger partial charge in [-0.1, -0.05) is 42.5 Å². The quantitative estimate of drug-likeness (QED) is 0.472. The molecule has 0 fully saturated rings. The first kappa shape index (κ1) is 18.6. The van der Waals surface area contributed by atoms with Crippen LogP contribution in [0.5, 0.6) is 0 Å². The van der Waals surface area contributed by atoms with Crippen LogP contribution in [0.25, 0.3) is 0 Å². The van der Waals surface area contributed by atoms with Crippen molar-refractivity contribution in [3.05, 3.63) is 54.1 Å². The Balaban J connectivity index is 1.70. The molecule has 1 aromatic rings. The molecule has 0 saturated carbocycles. The zero-order chi connectivity index (χ0) is 17.5. The average molecular weight is 360 g/mol. The Morgan fingerprint density at radius 2 is 1.48 bits per heavy atom. The fourth-order valence-electron chi connectivity index (χ4n) is 3.47. The van der Waals surface area contributed by atoms with E-state index in [0.29, 0.717) is 30.4 Å². The Labute approximate surface area is 151 Å². The molecule has 4 heteroatoms. The standard InChI is InChI=1S/C21H29O3P/c1-18-10-8-9-15-21(18)25(22,23-16-19-11-4-2-5-12-19)24-17-20-13-6-3-7-14-20/h2-4,6,8-10,15,19-20H,5,7,11-14,16-17H2,1H3. The van der Waals surface area contributed by atoms with Gasteiger partial charge in [0.25, 0.3) is 0 Å². The molecule has 3 nitrogen and oxygen atoms in total. The number of hydrogen-bond acceptors (Lipinski definition) is 3. The third kappa shape index (κ3) is 5.17. The van der Waals surface area contributed by atoms with Crippen LogP contribution >= 0.6 is 7.60 Å². The van der Waals surface area contributed by atoms with E-state index in [1.165, 1.54) is 0 Å². The largest absolute Gasteiger partial charge is 0.361 e. The lowest BCUT2D eigenvalue weighted by molar-refractivity contribution is 0.161. The second-order valence-corrected chi connectivity index (χ2v) is 9.17. The lowest BCUT2D eigenvalue weighted by Gasteiger charge is -2.26. The highest BCUT2D eigenvalue weighted by Crippen LogP contribution is 2.49. The Kier molecular flexibility index (Phi) is 6.70. The zero-order valence-corrected chi connectivity index (χ0v) is 16.0. The summed E-state index contributed by atoms with van der Waals surface area (Å²) in [6.45, 7) is 2.97. The molecular weight excluding hydrogens is 331 g/mol. The predicted molar refractivity (Wildman–Crippen MR) is 103 cm³/mol. The van der Waals surface area contributed by atoms with E-state index in [-0.39, 0.29) is 0 Å². The van der Waals surface area contributed by atoms with E-state index in [9.17, 15) is 4.57 Å². The van der Waals surface area contributed by atoms with Crippen molar-refractivity contribution in [1.82, 2.24) is 0 Å². The Bertz CT molecular complexity index is 633. The van der Waals surface area contributed by atoms with E-state index in [1.807, 2.05) is 31.2 Å². The van der Waals surface area contributed by atoms with Gasteiger partial charge in [-0.3, -0.25) is 4.57 Å². The van der Waals surface area contributed by atoms with E-state index in [1.54, 1.807) is 0 Å². The van der Waals surface area contributed by atoms with Gasteiger partial charge in [0.05, 0.1) is 18.5 Å². The van der Waals surface area contributed by atoms with Gasteiger partial charge in [-0.25, -0.2) is 0 Å². The first-order valence-corrected chi connectivity index (χ1v) is 11.0. The molecule has 3 rings (SSSR count). The van der Waals surface area contributed by atoms with Crippen molar-refractivity contribution in [2.24, 2.45) is 11.8 Å². The number of hydrogen-bond donors (Lipinski definition) is 0. The van der Waals surface area contributed by atoms with Gasteiger partial charge >= 0.3 is 7.60 Å². The molecule has 136 valence electrons. The summed E-state index contributed by atoms with van der Waals surface area (Å²) in [4.78, 5) is 0. The molecule has 0 spiro atoms. The van der Waals surface area contributed by atoms with Crippen molar-refractivity contribution in [3.63, 3.8) is 0 Å². The molecule has 2 aliphatic carbocycles. The maximum Gasteiger partial charge on any atom is 0.361 e. The monoisotopic (exact) mass is 360 g/mol. The smallest absolute Gasteiger partial charge is 0.305 e. The molecule has 0 N–H and O–H groups in total. The number of benzene rings is 1. The maximum absolute atomic E-state index is 13.6. The maximum atomic E-state index is 13.6. The minimum absolute atomic E-state index is 0.434. The van der Waals surface area contributed by atoms with Crippen molar-refractivity contribution in [1.29, 1.82) is 0 Å². The van der Waals surface area contributed by atoms with Crippen LogP contribution in [0.1, 0.15) is 44.1 Å². The van der Waals surface area contributed by atoms with Gasteiger partial charge < -0.3 is 9.05 Å². The summed E-state index contributed by atoms with van der Waals surface area (Å²) in [5.74, 6) is 0.868. The highest BCUT2D eigenvalue weighted by molar-refractivity contribution is 7.62. The number of rotatable bonds is 7. The molecule has 2 atom stereocenters. The van der Waals surface area contributed by atoms with E-state index in [2.05, 4.69) is 24.3 Å². The Morgan fingerprint density at radius 1 is 0.920 bits per heavy atom. The van der Waals surface area contributed by atoms with E-state index in [0.717, 1.165) is 44.1 Å². The van der Waals surface area contributed by atoms with Crippen molar-refractivity contribution in [2.45, 2.75) is 45.4 Å². The van der Waals surface area contributed by atoms with E-state index in [4.69, 9.17) is 9.05 Å². The average Bonchev–Trinajstić information content (AvgIpc) is 2.67. The molecule has 1 aromatic carbocycles. The molecule has 0 aliphatic heterocycles. The lowest BCUT2D eigenvalue weighted by Crippen LogP contribution is -2.20. The summed E-state index contributed by atoms with van der Waals surface area (Å²) in [5, 5.41) is 0.715. The topological polar surface area (TPSA) is 35.5 Å². The second kappa shape index (κ2) is 8.98. The Hall–Kier alpha value is -1.15. The lowest BCUT2D eigenvalue weighted by atomic mass is 9.96. The summed E-state index contributed by atoms with van der Waals surface area (Å²) < 4.78 is 25.7. The third-order valence-corrected chi connectivity index (χ3v) is 7.20. The summed E-state index contributed by atoms with van der Waals surface area (Å²) in [7, 11) is -3.29. The molecule has 0 aromatic heterocycles. The fraction of sp³-hybridized carbons (Fsp3) is 0.524. The van der Waals surface area contributed by atoms with Gasteiger partial charge in [0.15, 0.2) is 0 Å². The van der Waals surface area contributed by atoms with Crippen LogP contribution in [0.4, 0.5) is 0 Å². The number of allylic oxidation sites excluding steroid dienone is 4. The molecule has 0 heterocycles. The minimum atomic E-state index is -3.29. The SMILES string of the molecule is Cc1ccccc1P(=O)(OCC1CC=CCC1)OCC1CC=CCC1. The van der Waals surface area contributed by atoms with Crippen molar-refractivity contribution < 1.29 is 13.6 Å². The molecule has 2 aliphatic rings.